The second kappa shape index (κ2) is 5.85. The Morgan fingerprint density at radius 3 is 3.00 bits per heavy atom. The van der Waals surface area contributed by atoms with Gasteiger partial charge in [-0.2, -0.15) is 0 Å². The molecule has 2 rings (SSSR count). The van der Waals surface area contributed by atoms with Gasteiger partial charge in [0, 0.05) is 18.6 Å². The maximum atomic E-state index is 5.83. The Labute approximate surface area is 110 Å². The van der Waals surface area contributed by atoms with Gasteiger partial charge >= 0.3 is 0 Å². The van der Waals surface area contributed by atoms with E-state index in [0.29, 0.717) is 5.92 Å². The Hall–Kier alpha value is -0.580. The molecule has 0 spiro atoms. The summed E-state index contributed by atoms with van der Waals surface area (Å²) in [6, 6.07) is 6.04. The molecule has 2 atom stereocenters. The van der Waals surface area contributed by atoms with Crippen LogP contribution in [0.3, 0.4) is 0 Å². The van der Waals surface area contributed by atoms with Crippen molar-refractivity contribution in [2.75, 3.05) is 19.8 Å². The molecule has 1 saturated heterocycles. The van der Waals surface area contributed by atoms with Gasteiger partial charge in [-0.1, -0.05) is 6.07 Å². The molecule has 94 valence electrons. The monoisotopic (exact) mass is 299 g/mol. The van der Waals surface area contributed by atoms with E-state index in [4.69, 9.17) is 15.2 Å². The van der Waals surface area contributed by atoms with Crippen molar-refractivity contribution in [3.8, 4) is 5.75 Å². The molecule has 2 N–H and O–H groups in total. The maximum absolute atomic E-state index is 5.83. The lowest BCUT2D eigenvalue weighted by Gasteiger charge is -2.13. The van der Waals surface area contributed by atoms with Gasteiger partial charge in [-0.05, 0) is 47.0 Å². The second-order valence-corrected chi connectivity index (χ2v) is 5.37. The number of halogens is 1. The Morgan fingerprint density at radius 1 is 1.59 bits per heavy atom. The van der Waals surface area contributed by atoms with Gasteiger partial charge in [-0.15, -0.1) is 0 Å². The molecule has 1 fully saturated rings. The quantitative estimate of drug-likeness (QED) is 0.930. The molecule has 0 saturated carbocycles. The molecule has 0 bridgehead atoms. The molecule has 17 heavy (non-hydrogen) atoms. The minimum Gasteiger partial charge on any atom is -0.492 e. The zero-order valence-corrected chi connectivity index (χ0v) is 11.6. The highest BCUT2D eigenvalue weighted by atomic mass is 79.9. The van der Waals surface area contributed by atoms with E-state index in [1.807, 2.05) is 25.1 Å². The van der Waals surface area contributed by atoms with Crippen molar-refractivity contribution in [1.82, 2.24) is 0 Å². The summed E-state index contributed by atoms with van der Waals surface area (Å²) in [5.74, 6) is 1.40. The Bertz CT molecular complexity index is 376. The van der Waals surface area contributed by atoms with E-state index < -0.39 is 0 Å². The fourth-order valence-corrected chi connectivity index (χ4v) is 2.35. The van der Waals surface area contributed by atoms with Crippen LogP contribution in [0.5, 0.6) is 5.75 Å². The molecule has 1 aliphatic rings. The van der Waals surface area contributed by atoms with E-state index in [9.17, 15) is 0 Å². The third-order valence-electron chi connectivity index (χ3n) is 2.98. The first-order chi connectivity index (χ1) is 8.16. The molecular formula is C13H18BrNO2. The third-order valence-corrected chi connectivity index (χ3v) is 3.60. The summed E-state index contributed by atoms with van der Waals surface area (Å²) in [5, 5.41) is 0. The SMILES string of the molecule is C[C@@H](N)c1ccc(OCC2CCOC2)c(Br)c1. The average Bonchev–Trinajstić information content (AvgIpc) is 2.80. The highest BCUT2D eigenvalue weighted by molar-refractivity contribution is 9.10. The molecule has 1 aliphatic heterocycles. The maximum Gasteiger partial charge on any atom is 0.133 e. The van der Waals surface area contributed by atoms with Gasteiger partial charge in [0.25, 0.3) is 0 Å². The van der Waals surface area contributed by atoms with E-state index in [1.165, 1.54) is 0 Å². The first-order valence-electron chi connectivity index (χ1n) is 5.92. The fraction of sp³-hybridized carbons (Fsp3) is 0.538. The number of ether oxygens (including phenoxy) is 2. The summed E-state index contributed by atoms with van der Waals surface area (Å²) in [6.07, 6.45) is 1.09. The molecule has 1 heterocycles. The van der Waals surface area contributed by atoms with E-state index in [-0.39, 0.29) is 6.04 Å². The van der Waals surface area contributed by atoms with Crippen molar-refractivity contribution in [1.29, 1.82) is 0 Å². The minimum atomic E-state index is 0.0450. The number of nitrogens with two attached hydrogens (primary N) is 1. The van der Waals surface area contributed by atoms with Crippen LogP contribution < -0.4 is 10.5 Å². The summed E-state index contributed by atoms with van der Waals surface area (Å²) in [5.41, 5.74) is 6.93. The summed E-state index contributed by atoms with van der Waals surface area (Å²) >= 11 is 3.51. The number of benzene rings is 1. The zero-order chi connectivity index (χ0) is 12.3. The Kier molecular flexibility index (Phi) is 4.42. The van der Waals surface area contributed by atoms with Gasteiger partial charge in [0.1, 0.15) is 5.75 Å². The molecule has 1 unspecified atom stereocenters. The van der Waals surface area contributed by atoms with E-state index in [0.717, 1.165) is 42.0 Å². The lowest BCUT2D eigenvalue weighted by atomic mass is 10.1. The van der Waals surface area contributed by atoms with Gasteiger partial charge in [-0.3, -0.25) is 0 Å². The van der Waals surface area contributed by atoms with Crippen LogP contribution in [0.1, 0.15) is 24.9 Å². The van der Waals surface area contributed by atoms with Crippen molar-refractivity contribution in [2.24, 2.45) is 11.7 Å². The number of rotatable bonds is 4. The molecule has 0 radical (unpaired) electrons. The molecule has 0 amide bonds. The molecule has 0 aromatic heterocycles. The molecule has 0 aliphatic carbocycles. The number of hydrogen-bond acceptors (Lipinski definition) is 3. The molecule has 4 heteroatoms. The Morgan fingerprint density at radius 2 is 2.41 bits per heavy atom. The first-order valence-corrected chi connectivity index (χ1v) is 6.71. The van der Waals surface area contributed by atoms with Gasteiger partial charge in [0.15, 0.2) is 0 Å². The third kappa shape index (κ3) is 3.44. The van der Waals surface area contributed by atoms with Gasteiger partial charge in [-0.25, -0.2) is 0 Å². The molecule has 1 aromatic rings. The molecular weight excluding hydrogens is 282 g/mol. The van der Waals surface area contributed by atoms with Gasteiger partial charge < -0.3 is 15.2 Å². The Balaban J connectivity index is 1.96. The summed E-state index contributed by atoms with van der Waals surface area (Å²) in [7, 11) is 0. The van der Waals surface area contributed by atoms with Crippen LogP contribution >= 0.6 is 15.9 Å². The highest BCUT2D eigenvalue weighted by Crippen LogP contribution is 2.28. The minimum absolute atomic E-state index is 0.0450. The van der Waals surface area contributed by atoms with Crippen LogP contribution in [0, 0.1) is 5.92 Å². The summed E-state index contributed by atoms with van der Waals surface area (Å²) in [6.45, 7) is 4.36. The van der Waals surface area contributed by atoms with Crippen LogP contribution in [0.4, 0.5) is 0 Å². The first kappa shape index (κ1) is 12.9. The molecule has 1 aromatic carbocycles. The number of hydrogen-bond donors (Lipinski definition) is 1. The van der Waals surface area contributed by atoms with Crippen LogP contribution in [0.25, 0.3) is 0 Å². The van der Waals surface area contributed by atoms with E-state index >= 15 is 0 Å². The van der Waals surface area contributed by atoms with Crippen molar-refractivity contribution in [3.63, 3.8) is 0 Å². The van der Waals surface area contributed by atoms with Crippen molar-refractivity contribution in [3.05, 3.63) is 28.2 Å². The summed E-state index contributed by atoms with van der Waals surface area (Å²) in [4.78, 5) is 0. The van der Waals surface area contributed by atoms with Crippen LogP contribution in [0.2, 0.25) is 0 Å². The van der Waals surface area contributed by atoms with Crippen molar-refractivity contribution >= 4 is 15.9 Å². The van der Waals surface area contributed by atoms with E-state index in [2.05, 4.69) is 15.9 Å². The second-order valence-electron chi connectivity index (χ2n) is 4.52. The van der Waals surface area contributed by atoms with Crippen LogP contribution in [-0.2, 0) is 4.74 Å². The van der Waals surface area contributed by atoms with Crippen molar-refractivity contribution < 1.29 is 9.47 Å². The van der Waals surface area contributed by atoms with Crippen LogP contribution in [-0.4, -0.2) is 19.8 Å². The van der Waals surface area contributed by atoms with Gasteiger partial charge in [0.2, 0.25) is 0 Å². The lowest BCUT2D eigenvalue weighted by molar-refractivity contribution is 0.167. The summed E-state index contributed by atoms with van der Waals surface area (Å²) < 4.78 is 12.1. The predicted molar refractivity (Wildman–Crippen MR) is 71.2 cm³/mol. The topological polar surface area (TPSA) is 44.5 Å². The zero-order valence-electron chi connectivity index (χ0n) is 9.99. The van der Waals surface area contributed by atoms with Crippen LogP contribution in [0.15, 0.2) is 22.7 Å². The smallest absolute Gasteiger partial charge is 0.133 e. The highest BCUT2D eigenvalue weighted by Gasteiger charge is 2.16. The average molecular weight is 300 g/mol. The van der Waals surface area contributed by atoms with E-state index in [1.54, 1.807) is 0 Å². The van der Waals surface area contributed by atoms with Gasteiger partial charge in [0.05, 0.1) is 17.7 Å². The largest absolute Gasteiger partial charge is 0.492 e. The van der Waals surface area contributed by atoms with Crippen molar-refractivity contribution in [2.45, 2.75) is 19.4 Å². The predicted octanol–water partition coefficient (Wildman–Crippen LogP) is 2.88. The fourth-order valence-electron chi connectivity index (χ4n) is 1.84. The standard InChI is InChI=1S/C13H18BrNO2/c1-9(15)11-2-3-13(12(14)6-11)17-8-10-4-5-16-7-10/h2-3,6,9-10H,4-5,7-8,15H2,1H3/t9-,10?/m1/s1. The molecule has 3 nitrogen and oxygen atoms in total. The normalized spacial score (nSPS) is 21.5. The lowest BCUT2D eigenvalue weighted by Crippen LogP contribution is -2.12.